The molecule has 2 amide bonds. The molecule has 156 valence electrons. The lowest BCUT2D eigenvalue weighted by Crippen LogP contribution is -2.29. The van der Waals surface area contributed by atoms with E-state index in [0.29, 0.717) is 39.9 Å². The molecule has 0 aliphatic carbocycles. The molecule has 0 aromatic heterocycles. The van der Waals surface area contributed by atoms with Gasteiger partial charge in [0.25, 0.3) is 5.91 Å². The van der Waals surface area contributed by atoms with E-state index in [4.69, 9.17) is 12.2 Å². The van der Waals surface area contributed by atoms with Crippen LogP contribution >= 0.6 is 24.0 Å². The third-order valence-electron chi connectivity index (χ3n) is 4.51. The summed E-state index contributed by atoms with van der Waals surface area (Å²) in [6.45, 7) is 0.488. The zero-order chi connectivity index (χ0) is 21.5. The van der Waals surface area contributed by atoms with Gasteiger partial charge in [0.1, 0.15) is 15.9 Å². The first kappa shape index (κ1) is 22.0. The van der Waals surface area contributed by atoms with E-state index in [1.165, 1.54) is 36.0 Å². The van der Waals surface area contributed by atoms with Gasteiger partial charge in [-0.05, 0) is 49.2 Å². The number of anilines is 1. The van der Waals surface area contributed by atoms with Crippen LogP contribution in [0.3, 0.4) is 0 Å². The van der Waals surface area contributed by atoms with Crippen LogP contribution < -0.4 is 5.32 Å². The number of unbranched alkanes of at least 4 members (excludes halogenated alkanes) is 2. The predicted octanol–water partition coefficient (Wildman–Crippen LogP) is 4.93. The lowest BCUT2D eigenvalue weighted by Gasteiger charge is -2.14. The fourth-order valence-electron chi connectivity index (χ4n) is 2.93. The Hall–Kier alpha value is -2.71. The van der Waals surface area contributed by atoms with Gasteiger partial charge in [-0.3, -0.25) is 14.5 Å². The maximum absolute atomic E-state index is 12.9. The number of hydrogen-bond donors (Lipinski definition) is 2. The van der Waals surface area contributed by atoms with E-state index in [9.17, 15) is 19.1 Å². The normalized spacial score (nSPS) is 15.1. The van der Waals surface area contributed by atoms with Crippen LogP contribution in [-0.4, -0.2) is 32.7 Å². The molecule has 8 heteroatoms. The molecule has 1 aliphatic rings. The van der Waals surface area contributed by atoms with Crippen molar-refractivity contribution in [1.29, 1.82) is 0 Å². The van der Waals surface area contributed by atoms with E-state index in [0.717, 1.165) is 12.8 Å². The third-order valence-corrected chi connectivity index (χ3v) is 5.89. The number of aromatic hydroxyl groups is 1. The second-order valence-electron chi connectivity index (χ2n) is 6.76. The van der Waals surface area contributed by atoms with E-state index in [-0.39, 0.29) is 23.4 Å². The van der Waals surface area contributed by atoms with Crippen molar-refractivity contribution < 1.29 is 19.1 Å². The first-order valence-corrected chi connectivity index (χ1v) is 10.8. The Bertz CT molecular complexity index is 977. The lowest BCUT2D eigenvalue weighted by atomic mass is 10.1. The molecule has 2 aromatic rings. The van der Waals surface area contributed by atoms with Gasteiger partial charge >= 0.3 is 0 Å². The van der Waals surface area contributed by atoms with Crippen molar-refractivity contribution in [2.45, 2.75) is 25.7 Å². The zero-order valence-electron chi connectivity index (χ0n) is 16.1. The topological polar surface area (TPSA) is 69.6 Å². The van der Waals surface area contributed by atoms with Crippen molar-refractivity contribution in [3.05, 3.63) is 64.8 Å². The number of rotatable bonds is 8. The predicted molar refractivity (Wildman–Crippen MR) is 121 cm³/mol. The maximum atomic E-state index is 12.9. The smallest absolute Gasteiger partial charge is 0.266 e. The molecule has 1 fully saturated rings. The maximum Gasteiger partial charge on any atom is 0.266 e. The Kier molecular flexibility index (Phi) is 7.59. The molecule has 0 spiro atoms. The summed E-state index contributed by atoms with van der Waals surface area (Å²) in [6.07, 6.45) is 4.17. The molecule has 0 bridgehead atoms. The highest BCUT2D eigenvalue weighted by Gasteiger charge is 2.31. The summed E-state index contributed by atoms with van der Waals surface area (Å²) in [5, 5.41) is 12.6. The zero-order valence-corrected chi connectivity index (χ0v) is 17.8. The van der Waals surface area contributed by atoms with Crippen molar-refractivity contribution in [2.75, 3.05) is 11.9 Å². The van der Waals surface area contributed by atoms with E-state index in [1.807, 2.05) is 0 Å². The third kappa shape index (κ3) is 5.90. The van der Waals surface area contributed by atoms with Crippen molar-refractivity contribution in [3.63, 3.8) is 0 Å². The molecule has 0 atom stereocenters. The van der Waals surface area contributed by atoms with E-state index >= 15 is 0 Å². The first-order valence-electron chi connectivity index (χ1n) is 9.53. The Morgan fingerprint density at radius 1 is 1.13 bits per heavy atom. The Morgan fingerprint density at radius 2 is 1.87 bits per heavy atom. The van der Waals surface area contributed by atoms with Crippen LogP contribution in [0, 0.1) is 5.82 Å². The number of nitrogens with zero attached hydrogens (tertiary/aromatic N) is 1. The van der Waals surface area contributed by atoms with Crippen molar-refractivity contribution in [2.24, 2.45) is 0 Å². The number of thioether (sulfide) groups is 1. The number of benzene rings is 2. The number of hydrogen-bond acceptors (Lipinski definition) is 5. The minimum Gasteiger partial charge on any atom is -0.507 e. The molecule has 30 heavy (non-hydrogen) atoms. The number of thiocarbonyl (C=S) groups is 1. The Balaban J connectivity index is 1.42. The van der Waals surface area contributed by atoms with Gasteiger partial charge in [0.2, 0.25) is 5.91 Å². The van der Waals surface area contributed by atoms with Crippen LogP contribution in [-0.2, 0) is 9.59 Å². The molecule has 0 saturated carbocycles. The number of halogens is 1. The van der Waals surface area contributed by atoms with Gasteiger partial charge < -0.3 is 10.4 Å². The molecule has 1 heterocycles. The SMILES string of the molecule is O=C(CCCCCN1C(=O)/C(=C/c2ccccc2O)SC1=S)Nc1ccc(F)cc1. The summed E-state index contributed by atoms with van der Waals surface area (Å²) in [5.74, 6) is -0.527. The molecule has 5 nitrogen and oxygen atoms in total. The quantitative estimate of drug-likeness (QED) is 0.343. The molecule has 1 saturated heterocycles. The molecule has 3 rings (SSSR count). The summed E-state index contributed by atoms with van der Waals surface area (Å²) in [4.78, 5) is 26.6. The number of carbonyl (C=O) groups is 2. The fourth-order valence-corrected chi connectivity index (χ4v) is 4.23. The Morgan fingerprint density at radius 3 is 2.60 bits per heavy atom. The summed E-state index contributed by atoms with van der Waals surface area (Å²) >= 11 is 6.54. The number of phenolic OH excluding ortho intramolecular Hbond substituents is 1. The standard InChI is InChI=1S/C22H21FN2O3S2/c23-16-9-11-17(12-10-16)24-20(27)8-2-1-5-13-25-21(28)19(30-22(25)29)14-15-6-3-4-7-18(15)26/h3-4,6-7,9-12,14,26H,1-2,5,8,13H2,(H,24,27)/b19-14-. The minimum atomic E-state index is -0.348. The van der Waals surface area contributed by atoms with Crippen molar-refractivity contribution in [3.8, 4) is 5.75 Å². The average molecular weight is 445 g/mol. The van der Waals surface area contributed by atoms with Gasteiger partial charge in [-0.1, -0.05) is 48.6 Å². The minimum absolute atomic E-state index is 0.113. The van der Waals surface area contributed by atoms with Gasteiger partial charge in [0, 0.05) is 24.2 Å². The highest BCUT2D eigenvalue weighted by Crippen LogP contribution is 2.34. The van der Waals surface area contributed by atoms with Gasteiger partial charge in [0.15, 0.2) is 0 Å². The summed E-state index contributed by atoms with van der Waals surface area (Å²) < 4.78 is 13.4. The fraction of sp³-hybridized carbons (Fsp3) is 0.227. The summed E-state index contributed by atoms with van der Waals surface area (Å²) in [6, 6.07) is 12.4. The molecular weight excluding hydrogens is 423 g/mol. The highest BCUT2D eigenvalue weighted by atomic mass is 32.2. The van der Waals surface area contributed by atoms with Crippen LogP contribution in [0.2, 0.25) is 0 Å². The number of carbonyl (C=O) groups excluding carboxylic acids is 2. The highest BCUT2D eigenvalue weighted by molar-refractivity contribution is 8.26. The Labute approximate surface area is 184 Å². The first-order chi connectivity index (χ1) is 14.4. The van der Waals surface area contributed by atoms with Gasteiger partial charge in [-0.25, -0.2) is 4.39 Å². The number of phenols is 1. The van der Waals surface area contributed by atoms with Crippen LogP contribution in [0.15, 0.2) is 53.4 Å². The van der Waals surface area contributed by atoms with E-state index in [1.54, 1.807) is 35.2 Å². The van der Waals surface area contributed by atoms with Crippen LogP contribution in [0.1, 0.15) is 31.2 Å². The summed E-state index contributed by atoms with van der Waals surface area (Å²) in [5.41, 5.74) is 1.14. The molecule has 0 radical (unpaired) electrons. The molecule has 1 aliphatic heterocycles. The molecular formula is C22H21FN2O3S2. The van der Waals surface area contributed by atoms with Crippen LogP contribution in [0.5, 0.6) is 5.75 Å². The van der Waals surface area contributed by atoms with Crippen LogP contribution in [0.4, 0.5) is 10.1 Å². The van der Waals surface area contributed by atoms with Gasteiger partial charge in [0.05, 0.1) is 4.91 Å². The second-order valence-corrected chi connectivity index (χ2v) is 8.43. The molecule has 2 N–H and O–H groups in total. The lowest BCUT2D eigenvalue weighted by molar-refractivity contribution is -0.122. The number of nitrogens with one attached hydrogen (secondary N) is 1. The van der Waals surface area contributed by atoms with Crippen LogP contribution in [0.25, 0.3) is 6.08 Å². The van der Waals surface area contributed by atoms with Gasteiger partial charge in [-0.2, -0.15) is 0 Å². The van der Waals surface area contributed by atoms with Crippen molar-refractivity contribution in [1.82, 2.24) is 4.90 Å². The molecule has 2 aromatic carbocycles. The van der Waals surface area contributed by atoms with Gasteiger partial charge in [-0.15, -0.1) is 0 Å². The monoisotopic (exact) mass is 444 g/mol. The van der Waals surface area contributed by atoms with E-state index < -0.39 is 0 Å². The number of amides is 2. The summed E-state index contributed by atoms with van der Waals surface area (Å²) in [7, 11) is 0. The molecule has 0 unspecified atom stereocenters. The average Bonchev–Trinajstić information content (AvgIpc) is 2.98. The largest absolute Gasteiger partial charge is 0.507 e. The van der Waals surface area contributed by atoms with E-state index in [2.05, 4.69) is 5.32 Å². The van der Waals surface area contributed by atoms with Crippen molar-refractivity contribution >= 4 is 51.9 Å². The number of para-hydroxylation sites is 1. The second kappa shape index (κ2) is 10.4.